The van der Waals surface area contributed by atoms with Gasteiger partial charge in [-0.3, -0.25) is 9.52 Å². The summed E-state index contributed by atoms with van der Waals surface area (Å²) in [6.45, 7) is 3.49. The molecule has 2 N–H and O–H groups in total. The molecule has 1 atom stereocenters. The fourth-order valence-electron chi connectivity index (χ4n) is 2.82. The van der Waals surface area contributed by atoms with Crippen LogP contribution >= 0.6 is 15.9 Å². The molecule has 2 aromatic carbocycles. The lowest BCUT2D eigenvalue weighted by atomic mass is 9.95. The first kappa shape index (κ1) is 22.9. The van der Waals surface area contributed by atoms with E-state index in [1.807, 2.05) is 6.92 Å². The number of methoxy groups -OCH3 is 1. The molecule has 29 heavy (non-hydrogen) atoms. The molecule has 1 amide bonds. The Labute approximate surface area is 179 Å². The summed E-state index contributed by atoms with van der Waals surface area (Å²) in [5, 5.41) is 2.69. The van der Waals surface area contributed by atoms with E-state index in [0.29, 0.717) is 12.8 Å². The van der Waals surface area contributed by atoms with E-state index in [2.05, 4.69) is 26.0 Å². The third-order valence-corrected chi connectivity index (χ3v) is 6.20. The molecule has 0 saturated carbocycles. The molecule has 1 unspecified atom stereocenters. The fourth-order valence-corrected chi connectivity index (χ4v) is 4.13. The molecular formula is C20H23BrN2O5S. The highest BCUT2D eigenvalue weighted by Crippen LogP contribution is 2.20. The number of benzene rings is 2. The molecule has 2 aromatic rings. The number of nitrogens with one attached hydrogen (secondary N) is 2. The molecule has 156 valence electrons. The van der Waals surface area contributed by atoms with Crippen molar-refractivity contribution in [3.63, 3.8) is 0 Å². The van der Waals surface area contributed by atoms with E-state index in [1.165, 1.54) is 31.4 Å². The van der Waals surface area contributed by atoms with Gasteiger partial charge < -0.3 is 10.1 Å². The van der Waals surface area contributed by atoms with E-state index in [-0.39, 0.29) is 16.1 Å². The van der Waals surface area contributed by atoms with Crippen LogP contribution in [0, 0.1) is 0 Å². The Balaban J connectivity index is 2.23. The largest absolute Gasteiger partial charge is 0.467 e. The summed E-state index contributed by atoms with van der Waals surface area (Å²) >= 11 is 3.26. The molecule has 7 nitrogen and oxygen atoms in total. The number of carbonyl (C=O) groups is 2. The number of halogens is 1. The van der Waals surface area contributed by atoms with Crippen LogP contribution in [0.4, 0.5) is 5.69 Å². The number of rotatable bonds is 8. The van der Waals surface area contributed by atoms with Gasteiger partial charge in [0.1, 0.15) is 5.54 Å². The van der Waals surface area contributed by atoms with Gasteiger partial charge in [-0.1, -0.05) is 35.3 Å². The van der Waals surface area contributed by atoms with Gasteiger partial charge in [0.15, 0.2) is 0 Å². The molecule has 0 spiro atoms. The van der Waals surface area contributed by atoms with Crippen LogP contribution in [0.3, 0.4) is 0 Å². The Morgan fingerprint density at radius 3 is 2.38 bits per heavy atom. The molecule has 0 bridgehead atoms. The summed E-state index contributed by atoms with van der Waals surface area (Å²) in [7, 11) is -2.55. The number of hydrogen-bond donors (Lipinski definition) is 2. The molecule has 0 saturated heterocycles. The third-order valence-electron chi connectivity index (χ3n) is 4.28. The fraction of sp³-hybridized carbons (Fsp3) is 0.300. The molecule has 2 rings (SSSR count). The average molecular weight is 483 g/mol. The van der Waals surface area contributed by atoms with Crippen LogP contribution in [0.2, 0.25) is 0 Å². The summed E-state index contributed by atoms with van der Waals surface area (Å²) < 4.78 is 33.1. The number of ether oxygens (including phenoxy) is 1. The highest BCUT2D eigenvalue weighted by Gasteiger charge is 2.35. The second-order valence-electron chi connectivity index (χ2n) is 6.67. The van der Waals surface area contributed by atoms with E-state index < -0.39 is 27.4 Å². The van der Waals surface area contributed by atoms with Gasteiger partial charge in [0.05, 0.1) is 12.0 Å². The van der Waals surface area contributed by atoms with Crippen LogP contribution in [0.5, 0.6) is 0 Å². The monoisotopic (exact) mass is 482 g/mol. The molecule has 0 radical (unpaired) electrons. The minimum absolute atomic E-state index is 0.0942. The van der Waals surface area contributed by atoms with Gasteiger partial charge in [0.25, 0.3) is 15.9 Å². The Bertz CT molecular complexity index is 992. The van der Waals surface area contributed by atoms with Crippen molar-refractivity contribution in [2.24, 2.45) is 0 Å². The van der Waals surface area contributed by atoms with Gasteiger partial charge >= 0.3 is 5.97 Å². The van der Waals surface area contributed by atoms with Gasteiger partial charge in [0, 0.05) is 15.7 Å². The lowest BCUT2D eigenvalue weighted by Gasteiger charge is -2.27. The minimum Gasteiger partial charge on any atom is -0.467 e. The standard InChI is InChI=1S/C20H23BrN2O5S/c1-4-12-20(2,19(25)28-3)22-18(24)14-6-5-7-16(13-14)23-29(26,27)17-10-8-15(21)9-11-17/h5-11,13,23H,4,12H2,1-3H3,(H,22,24). The second kappa shape index (κ2) is 9.41. The predicted molar refractivity (Wildman–Crippen MR) is 114 cm³/mol. The van der Waals surface area contributed by atoms with Crippen molar-refractivity contribution in [2.75, 3.05) is 11.8 Å². The first-order valence-corrected chi connectivity index (χ1v) is 11.2. The number of anilines is 1. The van der Waals surface area contributed by atoms with E-state index >= 15 is 0 Å². The van der Waals surface area contributed by atoms with Crippen molar-refractivity contribution in [3.05, 3.63) is 58.6 Å². The second-order valence-corrected chi connectivity index (χ2v) is 9.27. The molecule has 0 aliphatic heterocycles. The molecule has 0 fully saturated rings. The molecular weight excluding hydrogens is 460 g/mol. The van der Waals surface area contributed by atoms with Crippen molar-refractivity contribution in [1.29, 1.82) is 0 Å². The first-order chi connectivity index (χ1) is 13.6. The maximum absolute atomic E-state index is 12.7. The normalized spacial score (nSPS) is 13.2. The van der Waals surface area contributed by atoms with Crippen molar-refractivity contribution in [1.82, 2.24) is 5.32 Å². The van der Waals surface area contributed by atoms with Crippen LogP contribution < -0.4 is 10.0 Å². The summed E-state index contributed by atoms with van der Waals surface area (Å²) in [5.74, 6) is -1.05. The predicted octanol–water partition coefficient (Wildman–Crippen LogP) is 3.71. The zero-order valence-electron chi connectivity index (χ0n) is 16.4. The number of amides is 1. The van der Waals surface area contributed by atoms with E-state index in [0.717, 1.165) is 4.47 Å². The maximum Gasteiger partial charge on any atom is 0.331 e. The maximum atomic E-state index is 12.7. The lowest BCUT2D eigenvalue weighted by molar-refractivity contribution is -0.147. The number of esters is 1. The SMILES string of the molecule is CCCC(C)(NC(=O)c1cccc(NS(=O)(=O)c2ccc(Br)cc2)c1)C(=O)OC. The summed E-state index contributed by atoms with van der Waals surface area (Å²) in [5.41, 5.74) is -0.726. The van der Waals surface area contributed by atoms with Crippen molar-refractivity contribution >= 4 is 43.5 Å². The minimum atomic E-state index is -3.81. The zero-order chi connectivity index (χ0) is 21.7. The number of carbonyl (C=O) groups excluding carboxylic acids is 2. The van der Waals surface area contributed by atoms with E-state index in [9.17, 15) is 18.0 Å². The van der Waals surface area contributed by atoms with Gasteiger partial charge in [-0.25, -0.2) is 13.2 Å². The summed E-state index contributed by atoms with van der Waals surface area (Å²) in [4.78, 5) is 24.9. The Hall–Kier alpha value is -2.39. The molecule has 0 aromatic heterocycles. The van der Waals surface area contributed by atoms with Crippen molar-refractivity contribution in [3.8, 4) is 0 Å². The molecule has 9 heteroatoms. The van der Waals surface area contributed by atoms with Gasteiger partial charge in [0.2, 0.25) is 0 Å². The Morgan fingerprint density at radius 2 is 1.79 bits per heavy atom. The first-order valence-electron chi connectivity index (χ1n) is 8.90. The van der Waals surface area contributed by atoms with Crippen LogP contribution in [0.25, 0.3) is 0 Å². The van der Waals surface area contributed by atoms with Gasteiger partial charge in [-0.05, 0) is 55.8 Å². The lowest BCUT2D eigenvalue weighted by Crippen LogP contribution is -2.52. The topological polar surface area (TPSA) is 102 Å². The summed E-state index contributed by atoms with van der Waals surface area (Å²) in [6, 6.07) is 12.2. The van der Waals surface area contributed by atoms with Crippen LogP contribution in [-0.4, -0.2) is 32.9 Å². The van der Waals surface area contributed by atoms with Gasteiger partial charge in [-0.2, -0.15) is 0 Å². The van der Waals surface area contributed by atoms with Crippen LogP contribution in [-0.2, 0) is 19.6 Å². The molecule has 0 aliphatic carbocycles. The highest BCUT2D eigenvalue weighted by atomic mass is 79.9. The summed E-state index contributed by atoms with van der Waals surface area (Å²) in [6.07, 6.45) is 1.07. The Kier molecular flexibility index (Phi) is 7.43. The number of sulfonamides is 1. The third kappa shape index (κ3) is 5.80. The molecule has 0 aliphatic rings. The molecule has 0 heterocycles. The van der Waals surface area contributed by atoms with Crippen LogP contribution in [0.1, 0.15) is 37.0 Å². The quantitative estimate of drug-likeness (QED) is 0.558. The zero-order valence-corrected chi connectivity index (χ0v) is 18.8. The van der Waals surface area contributed by atoms with E-state index in [1.54, 1.807) is 31.2 Å². The highest BCUT2D eigenvalue weighted by molar-refractivity contribution is 9.10. The smallest absolute Gasteiger partial charge is 0.331 e. The van der Waals surface area contributed by atoms with Crippen molar-refractivity contribution < 1.29 is 22.7 Å². The number of hydrogen-bond acceptors (Lipinski definition) is 5. The van der Waals surface area contributed by atoms with Crippen LogP contribution in [0.15, 0.2) is 57.9 Å². The van der Waals surface area contributed by atoms with Gasteiger partial charge in [-0.15, -0.1) is 0 Å². The average Bonchev–Trinajstić information content (AvgIpc) is 2.67. The Morgan fingerprint density at radius 1 is 1.14 bits per heavy atom. The van der Waals surface area contributed by atoms with E-state index in [4.69, 9.17) is 4.74 Å². The van der Waals surface area contributed by atoms with Crippen molar-refractivity contribution in [2.45, 2.75) is 37.1 Å².